The van der Waals surface area contributed by atoms with E-state index >= 15 is 0 Å². The molecule has 0 bridgehead atoms. The Kier molecular flexibility index (Phi) is 7.40. The summed E-state index contributed by atoms with van der Waals surface area (Å²) in [5.41, 5.74) is -0.702. The number of carbonyl (C=O) groups is 1. The average Bonchev–Trinajstić information content (AvgIpc) is 2.46. The van der Waals surface area contributed by atoms with Gasteiger partial charge in [0.1, 0.15) is 16.3 Å². The number of nitrogens with zero attached hydrogens (tertiary/aromatic N) is 1. The van der Waals surface area contributed by atoms with Crippen molar-refractivity contribution in [1.82, 2.24) is 4.72 Å². The third kappa shape index (κ3) is 5.84. The van der Waals surface area contributed by atoms with Crippen LogP contribution in [0.4, 0.5) is 10.1 Å². The monoisotopic (exact) mass is 374 g/mol. The molecule has 1 rings (SSSR count). The van der Waals surface area contributed by atoms with Crippen LogP contribution in [0.2, 0.25) is 0 Å². The number of benzene rings is 1. The Morgan fingerprint density at radius 3 is 2.50 bits per heavy atom. The minimum atomic E-state index is -1.46. The molecule has 0 aliphatic carbocycles. The highest BCUT2D eigenvalue weighted by molar-refractivity contribution is 8.13. The van der Waals surface area contributed by atoms with Gasteiger partial charge in [0.05, 0.1) is 5.54 Å². The van der Waals surface area contributed by atoms with Crippen molar-refractivity contribution < 1.29 is 13.7 Å². The molecular weight excluding hydrogens is 351 g/mol. The molecule has 0 spiro atoms. The number of hydrogen-bond acceptors (Lipinski definition) is 6. The highest BCUT2D eigenvalue weighted by Gasteiger charge is 2.38. The predicted molar refractivity (Wildman–Crippen MR) is 98.0 cm³/mol. The Morgan fingerprint density at radius 1 is 1.38 bits per heavy atom. The van der Waals surface area contributed by atoms with Crippen LogP contribution in [0.5, 0.6) is 0 Å². The first-order chi connectivity index (χ1) is 11.0. The summed E-state index contributed by atoms with van der Waals surface area (Å²) in [5, 5.41) is 2.80. The normalized spacial score (nSPS) is 15.6. The van der Waals surface area contributed by atoms with E-state index in [0.717, 1.165) is 11.8 Å². The number of halogens is 1. The predicted octanol–water partition coefficient (Wildman–Crippen LogP) is 4.16. The Morgan fingerprint density at radius 2 is 2.00 bits per heavy atom. The second-order valence-electron chi connectivity index (χ2n) is 6.66. The second-order valence-corrected chi connectivity index (χ2v) is 9.90. The summed E-state index contributed by atoms with van der Waals surface area (Å²) in [7, 11) is 0. The van der Waals surface area contributed by atoms with Gasteiger partial charge < -0.3 is 4.55 Å². The minimum Gasteiger partial charge on any atom is -0.598 e. The smallest absolute Gasteiger partial charge is 0.185 e. The fraction of sp³-hybridized carbons (Fsp3) is 0.562. The van der Waals surface area contributed by atoms with Gasteiger partial charge in [-0.25, -0.2) is 4.39 Å². The fourth-order valence-electron chi connectivity index (χ4n) is 1.99. The summed E-state index contributed by atoms with van der Waals surface area (Å²) < 4.78 is 29.3. The van der Waals surface area contributed by atoms with E-state index in [4.69, 9.17) is 0 Å². The van der Waals surface area contributed by atoms with Crippen LogP contribution in [0.3, 0.4) is 0 Å². The molecule has 134 valence electrons. The van der Waals surface area contributed by atoms with Crippen molar-refractivity contribution in [1.29, 1.82) is 0 Å². The maximum Gasteiger partial charge on any atom is 0.185 e. The molecule has 1 unspecified atom stereocenters. The van der Waals surface area contributed by atoms with Crippen molar-refractivity contribution in [3.8, 4) is 0 Å². The van der Waals surface area contributed by atoms with Gasteiger partial charge in [0.2, 0.25) is 0 Å². The van der Waals surface area contributed by atoms with Crippen molar-refractivity contribution in [3.05, 3.63) is 34.5 Å². The summed E-state index contributed by atoms with van der Waals surface area (Å²) in [5.74, 6) is -0.0885. The number of rotatable bonds is 7. The molecule has 0 saturated heterocycles. The number of nitrogens with one attached hydrogen (secondary N) is 1. The van der Waals surface area contributed by atoms with Gasteiger partial charge in [-0.3, -0.25) is 4.79 Å². The van der Waals surface area contributed by atoms with E-state index in [2.05, 4.69) is 9.90 Å². The summed E-state index contributed by atoms with van der Waals surface area (Å²) in [6, 6.07) is 3.81. The van der Waals surface area contributed by atoms with Crippen LogP contribution in [0.15, 0.2) is 23.4 Å². The molecule has 0 amide bonds. The van der Waals surface area contributed by atoms with Crippen LogP contribution in [0.25, 0.3) is 0 Å². The largest absolute Gasteiger partial charge is 0.598 e. The fourth-order valence-corrected chi connectivity index (χ4v) is 3.72. The first kappa shape index (κ1) is 21.1. The van der Waals surface area contributed by atoms with Gasteiger partial charge in [-0.1, -0.05) is 11.8 Å². The molecule has 0 fully saturated rings. The summed E-state index contributed by atoms with van der Waals surface area (Å²) in [6.45, 7) is 8.59. The number of nitroso groups, excluding NO2 is 1. The second kappa shape index (κ2) is 8.42. The molecule has 0 aliphatic rings. The van der Waals surface area contributed by atoms with Gasteiger partial charge in [0.15, 0.2) is 5.12 Å². The first-order valence-corrected chi connectivity index (χ1v) is 9.59. The van der Waals surface area contributed by atoms with Gasteiger partial charge in [0.25, 0.3) is 0 Å². The molecule has 1 aromatic rings. The van der Waals surface area contributed by atoms with Crippen LogP contribution in [0.1, 0.15) is 46.6 Å². The molecule has 0 saturated carbocycles. The average molecular weight is 375 g/mol. The Balaban J connectivity index is 3.21. The van der Waals surface area contributed by atoms with Gasteiger partial charge in [-0.05, 0) is 57.5 Å². The summed E-state index contributed by atoms with van der Waals surface area (Å²) in [4.78, 5) is 21.9. The molecule has 1 aromatic carbocycles. The molecule has 24 heavy (non-hydrogen) atoms. The van der Waals surface area contributed by atoms with Crippen LogP contribution >= 0.6 is 11.8 Å². The zero-order valence-electron chi connectivity index (χ0n) is 14.5. The zero-order valence-corrected chi connectivity index (χ0v) is 16.1. The van der Waals surface area contributed by atoms with Gasteiger partial charge >= 0.3 is 0 Å². The first-order valence-electron chi connectivity index (χ1n) is 7.46. The number of carbonyl (C=O) groups excluding carboxylic acids is 1. The zero-order chi connectivity index (χ0) is 18.5. The third-order valence-electron chi connectivity index (χ3n) is 3.43. The lowest BCUT2D eigenvalue weighted by atomic mass is 9.89. The van der Waals surface area contributed by atoms with Crippen molar-refractivity contribution in [3.63, 3.8) is 0 Å². The lowest BCUT2D eigenvalue weighted by Crippen LogP contribution is -2.50. The SMILES string of the molecule is CC(=O)SCC[C@](C)(N[S+]([O-])C(C)(C)C)c1cc(N=O)ccc1F. The molecule has 0 radical (unpaired) electrons. The van der Waals surface area contributed by atoms with Gasteiger partial charge in [-0.15, -0.1) is 9.63 Å². The third-order valence-corrected chi connectivity index (χ3v) is 5.99. The van der Waals surface area contributed by atoms with Gasteiger partial charge in [-0.2, -0.15) is 0 Å². The van der Waals surface area contributed by atoms with Crippen molar-refractivity contribution in [2.75, 3.05) is 5.75 Å². The summed E-state index contributed by atoms with van der Waals surface area (Å²) >= 11 is -0.340. The number of hydrogen-bond donors (Lipinski definition) is 1. The Bertz CT molecular complexity index is 607. The van der Waals surface area contributed by atoms with Crippen molar-refractivity contribution >= 4 is 33.9 Å². The molecule has 0 aliphatic heterocycles. The highest BCUT2D eigenvalue weighted by Crippen LogP contribution is 2.33. The molecule has 0 heterocycles. The van der Waals surface area contributed by atoms with E-state index in [9.17, 15) is 18.6 Å². The standard InChI is InChI=1S/C16H23FN2O3S2/c1-11(20)23-9-8-16(5,19-24(22)15(2,3)4)13-10-12(18-21)6-7-14(13)17/h6-7,10,19H,8-9H2,1-5H3/t16-,24?/m0/s1. The maximum atomic E-state index is 14.4. The van der Waals surface area contributed by atoms with Crippen LogP contribution < -0.4 is 4.72 Å². The lowest BCUT2D eigenvalue weighted by molar-refractivity contribution is -0.109. The maximum absolute atomic E-state index is 14.4. The van der Waals surface area contributed by atoms with Gasteiger partial charge in [0, 0.05) is 29.6 Å². The van der Waals surface area contributed by atoms with E-state index in [0.29, 0.717) is 12.2 Å². The molecule has 1 N–H and O–H groups in total. The molecule has 8 heteroatoms. The van der Waals surface area contributed by atoms with E-state index < -0.39 is 27.5 Å². The molecule has 2 atom stereocenters. The van der Waals surface area contributed by atoms with E-state index in [1.807, 2.05) is 0 Å². The quantitative estimate of drug-likeness (QED) is 0.572. The van der Waals surface area contributed by atoms with Crippen LogP contribution in [-0.2, 0) is 21.7 Å². The lowest BCUT2D eigenvalue weighted by Gasteiger charge is -2.35. The Labute approximate surface area is 149 Å². The van der Waals surface area contributed by atoms with E-state index in [-0.39, 0.29) is 16.4 Å². The highest BCUT2D eigenvalue weighted by atomic mass is 32.2. The van der Waals surface area contributed by atoms with E-state index in [1.165, 1.54) is 25.1 Å². The summed E-state index contributed by atoms with van der Waals surface area (Å²) in [6.07, 6.45) is 0.359. The number of thioether (sulfide) groups is 1. The van der Waals surface area contributed by atoms with Crippen LogP contribution in [0, 0.1) is 10.7 Å². The minimum absolute atomic E-state index is 0.0434. The molecular formula is C16H23FN2O3S2. The van der Waals surface area contributed by atoms with Crippen LogP contribution in [-0.4, -0.2) is 20.2 Å². The van der Waals surface area contributed by atoms with E-state index in [1.54, 1.807) is 27.7 Å². The molecule has 5 nitrogen and oxygen atoms in total. The van der Waals surface area contributed by atoms with Crippen molar-refractivity contribution in [2.24, 2.45) is 5.18 Å². The topological polar surface area (TPSA) is 81.6 Å². The molecule has 0 aromatic heterocycles. The Hall–Kier alpha value is -0.960. The van der Waals surface area contributed by atoms with Crippen molar-refractivity contribution in [2.45, 2.75) is 51.3 Å².